The molecule has 7 heteroatoms. The summed E-state index contributed by atoms with van der Waals surface area (Å²) in [5.74, 6) is -0.809. The molecule has 4 rings (SSSR count). The summed E-state index contributed by atoms with van der Waals surface area (Å²) in [5.41, 5.74) is 1.14. The summed E-state index contributed by atoms with van der Waals surface area (Å²) in [7, 11) is 0. The number of ketones is 2. The molecule has 1 amide bonds. The fourth-order valence-electron chi connectivity index (χ4n) is 3.31. The van der Waals surface area contributed by atoms with Crippen LogP contribution in [0.5, 0.6) is 0 Å². The molecular weight excluding hydrogens is 398 g/mol. The molecule has 0 radical (unpaired) electrons. The van der Waals surface area contributed by atoms with Crippen LogP contribution in [0.4, 0.5) is 5.69 Å². The summed E-state index contributed by atoms with van der Waals surface area (Å²) in [5, 5.41) is 2.55. The second-order valence-electron chi connectivity index (χ2n) is 6.87. The van der Waals surface area contributed by atoms with Crippen molar-refractivity contribution in [2.75, 3.05) is 11.9 Å². The predicted octanol–water partition coefficient (Wildman–Crippen LogP) is 3.56. The number of amides is 1. The van der Waals surface area contributed by atoms with Crippen LogP contribution < -0.4 is 5.32 Å². The summed E-state index contributed by atoms with van der Waals surface area (Å²) in [6.07, 6.45) is 2.58. The van der Waals surface area contributed by atoms with E-state index in [0.717, 1.165) is 6.08 Å². The van der Waals surface area contributed by atoms with Crippen molar-refractivity contribution in [3.63, 3.8) is 0 Å². The van der Waals surface area contributed by atoms with Crippen LogP contribution in [-0.2, 0) is 14.3 Å². The van der Waals surface area contributed by atoms with E-state index in [1.54, 1.807) is 55.5 Å². The average Bonchev–Trinajstić information content (AvgIpc) is 3.19. The summed E-state index contributed by atoms with van der Waals surface area (Å²) in [4.78, 5) is 49.8. The van der Waals surface area contributed by atoms with Crippen molar-refractivity contribution in [2.45, 2.75) is 6.92 Å². The van der Waals surface area contributed by atoms with Gasteiger partial charge in [-0.3, -0.25) is 14.4 Å². The van der Waals surface area contributed by atoms with Gasteiger partial charge in [-0.25, -0.2) is 4.79 Å². The minimum absolute atomic E-state index is 0.124. The van der Waals surface area contributed by atoms with E-state index in [2.05, 4.69) is 5.32 Å². The molecule has 0 saturated heterocycles. The minimum Gasteiger partial charge on any atom is -0.462 e. The lowest BCUT2D eigenvalue weighted by Gasteiger charge is -2.20. The number of fused-ring (bicyclic) bond motifs is 2. The summed E-state index contributed by atoms with van der Waals surface area (Å²) in [6, 6.07) is 14.6. The first-order valence-corrected chi connectivity index (χ1v) is 9.46. The molecule has 0 fully saturated rings. The Morgan fingerprint density at radius 3 is 2.35 bits per heavy atom. The van der Waals surface area contributed by atoms with E-state index >= 15 is 0 Å². The first-order chi connectivity index (χ1) is 14.9. The number of esters is 1. The molecule has 1 N–H and O–H groups in total. The predicted molar refractivity (Wildman–Crippen MR) is 112 cm³/mol. The van der Waals surface area contributed by atoms with Crippen LogP contribution in [0.15, 0.2) is 65.1 Å². The number of ether oxygens (including phenoxy) is 1. The van der Waals surface area contributed by atoms with E-state index in [0.29, 0.717) is 17.1 Å². The number of hydrogen-bond donors (Lipinski definition) is 1. The number of furan rings is 1. The third-order valence-corrected chi connectivity index (χ3v) is 4.72. The van der Waals surface area contributed by atoms with Gasteiger partial charge in [0, 0.05) is 22.8 Å². The van der Waals surface area contributed by atoms with Gasteiger partial charge in [-0.05, 0) is 31.2 Å². The van der Waals surface area contributed by atoms with Crippen molar-refractivity contribution in [3.05, 3.63) is 94.4 Å². The number of aryl methyl sites for hydroxylation is 1. The molecule has 0 saturated carbocycles. The molecular formula is C24H17NO6. The maximum absolute atomic E-state index is 12.9. The lowest BCUT2D eigenvalue weighted by molar-refractivity contribution is -0.142. The Hall–Kier alpha value is -4.26. The van der Waals surface area contributed by atoms with Gasteiger partial charge in [-0.2, -0.15) is 0 Å². The van der Waals surface area contributed by atoms with E-state index in [4.69, 9.17) is 9.15 Å². The van der Waals surface area contributed by atoms with Crippen molar-refractivity contribution >= 4 is 35.2 Å². The third-order valence-electron chi connectivity index (χ3n) is 4.72. The lowest BCUT2D eigenvalue weighted by atomic mass is 9.83. The molecule has 1 aliphatic rings. The summed E-state index contributed by atoms with van der Waals surface area (Å²) >= 11 is 0. The maximum Gasteiger partial charge on any atom is 0.331 e. The monoisotopic (exact) mass is 415 g/mol. The van der Waals surface area contributed by atoms with Crippen LogP contribution in [0.3, 0.4) is 0 Å². The van der Waals surface area contributed by atoms with Gasteiger partial charge in [0.05, 0.1) is 11.3 Å². The van der Waals surface area contributed by atoms with E-state index in [1.165, 1.54) is 12.1 Å². The Balaban J connectivity index is 1.45. The Bertz CT molecular complexity index is 1250. The van der Waals surface area contributed by atoms with Gasteiger partial charge in [-0.1, -0.05) is 36.4 Å². The van der Waals surface area contributed by atoms with Gasteiger partial charge >= 0.3 is 5.97 Å². The summed E-state index contributed by atoms with van der Waals surface area (Å²) < 4.78 is 10.2. The van der Waals surface area contributed by atoms with E-state index in [-0.39, 0.29) is 33.9 Å². The molecule has 1 aromatic heterocycles. The van der Waals surface area contributed by atoms with Crippen LogP contribution in [-0.4, -0.2) is 30.0 Å². The Morgan fingerprint density at radius 2 is 1.65 bits per heavy atom. The molecule has 31 heavy (non-hydrogen) atoms. The number of carbonyl (C=O) groups is 4. The number of benzene rings is 2. The van der Waals surface area contributed by atoms with Crippen molar-refractivity contribution in [1.29, 1.82) is 0 Å². The molecule has 0 unspecified atom stereocenters. The molecule has 3 aromatic rings. The van der Waals surface area contributed by atoms with Crippen molar-refractivity contribution in [3.8, 4) is 0 Å². The Kier molecular flexibility index (Phi) is 5.32. The minimum atomic E-state index is -0.723. The molecule has 0 atom stereocenters. The van der Waals surface area contributed by atoms with Crippen LogP contribution in [0.2, 0.25) is 0 Å². The fourth-order valence-corrected chi connectivity index (χ4v) is 3.31. The van der Waals surface area contributed by atoms with Gasteiger partial charge in [0.2, 0.25) is 0 Å². The second kappa shape index (κ2) is 8.23. The van der Waals surface area contributed by atoms with Gasteiger partial charge in [0.15, 0.2) is 18.2 Å². The van der Waals surface area contributed by atoms with Crippen molar-refractivity contribution in [1.82, 2.24) is 0 Å². The normalized spacial score (nSPS) is 12.4. The lowest BCUT2D eigenvalue weighted by Crippen LogP contribution is -2.25. The largest absolute Gasteiger partial charge is 0.462 e. The van der Waals surface area contributed by atoms with Crippen LogP contribution in [0.25, 0.3) is 6.08 Å². The fraction of sp³-hybridized carbons (Fsp3) is 0.0833. The SMILES string of the molecule is Cc1ccc(/C=C/C(=O)OCC(=O)Nc2cccc3c2C(=O)c2ccccc2C3=O)o1. The number of hydrogen-bond acceptors (Lipinski definition) is 6. The smallest absolute Gasteiger partial charge is 0.331 e. The maximum atomic E-state index is 12.9. The van der Waals surface area contributed by atoms with Gasteiger partial charge in [0.25, 0.3) is 5.91 Å². The number of nitrogens with one attached hydrogen (secondary N) is 1. The first-order valence-electron chi connectivity index (χ1n) is 9.46. The highest BCUT2D eigenvalue weighted by Gasteiger charge is 2.31. The van der Waals surface area contributed by atoms with Crippen molar-refractivity contribution < 1.29 is 28.3 Å². The Morgan fingerprint density at radius 1 is 0.935 bits per heavy atom. The Labute approximate surface area is 177 Å². The molecule has 0 spiro atoms. The van der Waals surface area contributed by atoms with E-state index in [9.17, 15) is 19.2 Å². The highest BCUT2D eigenvalue weighted by atomic mass is 16.5. The van der Waals surface area contributed by atoms with E-state index < -0.39 is 18.5 Å². The van der Waals surface area contributed by atoms with E-state index in [1.807, 2.05) is 0 Å². The molecule has 154 valence electrons. The number of rotatable bonds is 5. The quantitative estimate of drug-likeness (QED) is 0.395. The third kappa shape index (κ3) is 4.06. The van der Waals surface area contributed by atoms with Crippen LogP contribution in [0.1, 0.15) is 43.4 Å². The standard InChI is InChI=1S/C24H17NO6/c1-14-9-10-15(31-14)11-12-21(27)30-13-20(26)25-19-8-4-7-18-22(19)24(29)17-6-3-2-5-16(17)23(18)28/h2-12H,13H2,1H3,(H,25,26)/b12-11+. The average molecular weight is 415 g/mol. The molecule has 0 aliphatic heterocycles. The zero-order valence-corrected chi connectivity index (χ0v) is 16.5. The summed E-state index contributed by atoms with van der Waals surface area (Å²) in [6.45, 7) is 1.22. The number of anilines is 1. The first kappa shape index (κ1) is 20.0. The van der Waals surface area contributed by atoms with Crippen LogP contribution >= 0.6 is 0 Å². The molecule has 1 heterocycles. The second-order valence-corrected chi connectivity index (χ2v) is 6.87. The highest BCUT2D eigenvalue weighted by Crippen LogP contribution is 2.31. The van der Waals surface area contributed by atoms with Crippen molar-refractivity contribution in [2.24, 2.45) is 0 Å². The zero-order chi connectivity index (χ0) is 22.0. The van der Waals surface area contributed by atoms with Crippen LogP contribution in [0, 0.1) is 6.92 Å². The topological polar surface area (TPSA) is 103 Å². The van der Waals surface area contributed by atoms with Gasteiger partial charge < -0.3 is 14.5 Å². The molecule has 2 aromatic carbocycles. The molecule has 1 aliphatic carbocycles. The zero-order valence-electron chi connectivity index (χ0n) is 16.5. The van der Waals surface area contributed by atoms with Gasteiger partial charge in [0.1, 0.15) is 11.5 Å². The van der Waals surface area contributed by atoms with Gasteiger partial charge in [-0.15, -0.1) is 0 Å². The number of carbonyl (C=O) groups excluding carboxylic acids is 4. The molecule has 7 nitrogen and oxygen atoms in total. The molecule has 0 bridgehead atoms. The highest BCUT2D eigenvalue weighted by molar-refractivity contribution is 6.30.